The molecule has 4 saturated carbocycles. The smallest absolute Gasteiger partial charge is 0.320 e. The first-order chi connectivity index (χ1) is 43.0. The zero-order valence-corrected chi connectivity index (χ0v) is 54.0. The molecule has 3 aromatic rings. The molecule has 2 aromatic carbocycles. The second-order valence-corrected chi connectivity index (χ2v) is 30.3. The van der Waals surface area contributed by atoms with E-state index in [1.807, 2.05) is 28.5 Å². The third-order valence-electron chi connectivity index (χ3n) is 20.5. The van der Waals surface area contributed by atoms with Crippen molar-refractivity contribution in [2.75, 3.05) is 71.3 Å². The molecule has 4 aliphatic carbocycles. The van der Waals surface area contributed by atoms with Gasteiger partial charge in [0.25, 0.3) is 10.0 Å². The van der Waals surface area contributed by atoms with Gasteiger partial charge >= 0.3 is 12.1 Å². The number of aryl methyl sites for hydroxylation is 1. The van der Waals surface area contributed by atoms with Crippen molar-refractivity contribution in [3.05, 3.63) is 60.3 Å². The molecule has 490 valence electrons. The first kappa shape index (κ1) is 66.3. The van der Waals surface area contributed by atoms with Gasteiger partial charge in [0, 0.05) is 94.2 Å². The molecule has 8 aliphatic rings. The molecule has 6 atom stereocenters. The number of aliphatic hydroxyl groups is 2. The van der Waals surface area contributed by atoms with E-state index >= 15 is 0 Å². The summed E-state index contributed by atoms with van der Waals surface area (Å²) in [5.41, 5.74) is 1.16. The number of unbranched alkanes of at least 4 members (excludes halogenated alkanes) is 7. The summed E-state index contributed by atoms with van der Waals surface area (Å²) in [5.74, 6) is 4.03. The number of ether oxygens (including phenoxy) is 1. The maximum Gasteiger partial charge on any atom is 0.320 e. The summed E-state index contributed by atoms with van der Waals surface area (Å²) in [4.78, 5) is 83.4. The minimum atomic E-state index is -3.89. The van der Waals surface area contributed by atoms with Crippen LogP contribution in [0.1, 0.15) is 160 Å². The number of β-amino-alcohol motifs (C(OH)–C–C–N with tert-alkyl or cyclic N) is 1. The van der Waals surface area contributed by atoms with Gasteiger partial charge in [-0.15, -0.1) is 0 Å². The Morgan fingerprint density at radius 1 is 0.742 bits per heavy atom. The van der Waals surface area contributed by atoms with Gasteiger partial charge in [0.2, 0.25) is 23.6 Å². The maximum atomic E-state index is 14.5. The van der Waals surface area contributed by atoms with E-state index in [1.54, 1.807) is 53.4 Å². The van der Waals surface area contributed by atoms with Crippen LogP contribution < -0.4 is 31.3 Å². The maximum absolute atomic E-state index is 14.5. The molecule has 4 bridgehead atoms. The number of nitrogens with zero attached hydrogens (tertiary/aromatic N) is 4. The van der Waals surface area contributed by atoms with Gasteiger partial charge in [0.15, 0.2) is 0 Å². The van der Waals surface area contributed by atoms with E-state index in [0.717, 1.165) is 108 Å². The molecule has 0 radical (unpaired) electrons. The predicted molar refractivity (Wildman–Crippen MR) is 344 cm³/mol. The molecular formula is C67H99N9O11S2. The molecular weight excluding hydrogens is 1170 g/mol. The summed E-state index contributed by atoms with van der Waals surface area (Å²) in [7, 11) is -3.89. The van der Waals surface area contributed by atoms with Crippen molar-refractivity contribution >= 4 is 68.4 Å². The highest BCUT2D eigenvalue weighted by Gasteiger charge is 2.56. The third-order valence-corrected chi connectivity index (χ3v) is 23.7. The fraction of sp³-hybridized carbons (Fsp3) is 0.701. The van der Waals surface area contributed by atoms with Gasteiger partial charge < -0.3 is 56.2 Å². The minimum absolute atomic E-state index is 0.0152. The predicted octanol–water partition coefficient (Wildman–Crippen LogP) is 7.85. The van der Waals surface area contributed by atoms with Crippen LogP contribution in [0.2, 0.25) is 0 Å². The quantitative estimate of drug-likeness (QED) is 0.0233. The van der Waals surface area contributed by atoms with Crippen molar-refractivity contribution in [2.24, 2.45) is 35.0 Å². The number of aliphatic hydroxyl groups excluding tert-OH is 2. The van der Waals surface area contributed by atoms with Crippen LogP contribution in [0.25, 0.3) is 10.9 Å². The van der Waals surface area contributed by atoms with Gasteiger partial charge in [-0.1, -0.05) is 43.0 Å². The number of rotatable bonds is 32. The van der Waals surface area contributed by atoms with Gasteiger partial charge in [-0.2, -0.15) is 11.8 Å². The first-order valence-electron chi connectivity index (χ1n) is 33.7. The van der Waals surface area contributed by atoms with E-state index in [0.29, 0.717) is 131 Å². The summed E-state index contributed by atoms with van der Waals surface area (Å²) in [6, 6.07) is 13.7. The fourth-order valence-corrected chi connectivity index (χ4v) is 19.0. The van der Waals surface area contributed by atoms with E-state index < -0.39 is 22.2 Å². The molecule has 1 aromatic heterocycles. The average Bonchev–Trinajstić information content (AvgIpc) is 2.44. The van der Waals surface area contributed by atoms with Crippen LogP contribution in [0.4, 0.5) is 9.59 Å². The molecule has 7 N–H and O–H groups in total. The number of urea groups is 2. The number of aromatic nitrogens is 1. The second kappa shape index (κ2) is 31.2. The largest absolute Gasteiger partial charge is 0.490 e. The highest BCUT2D eigenvalue weighted by Crippen LogP contribution is 2.61. The molecule has 8 fully saturated rings. The number of fused-ring (bicyclic) bond motifs is 2. The molecule has 0 spiro atoms. The van der Waals surface area contributed by atoms with Gasteiger partial charge in [-0.25, -0.2) is 22.0 Å². The molecule has 11 rings (SSSR count). The SMILES string of the molecule is Cc1ccc(S(=O)(=O)n2ccc3c(OCC(O)CN(CCCCCNC(=O)CCCCCNC(=O)CCCCCNC(=O)CCCC[C@@H]4SC[C@@H]5NC(=O)N[C@@H]54)C(=O)N4CCC(C5CCN(C(=O)C67CC8CC(CC(C8)C6)C7)CC5O)CC4)cccc32)cc1. The molecule has 22 heteroatoms. The number of piperidine rings is 2. The van der Waals surface area contributed by atoms with Crippen molar-refractivity contribution in [3.63, 3.8) is 0 Å². The van der Waals surface area contributed by atoms with E-state index in [2.05, 4.69) is 26.6 Å². The molecule has 4 saturated heterocycles. The van der Waals surface area contributed by atoms with Gasteiger partial charge in [-0.05, 0) is 182 Å². The lowest BCUT2D eigenvalue weighted by Crippen LogP contribution is -2.58. The van der Waals surface area contributed by atoms with Crippen molar-refractivity contribution in [1.82, 2.24) is 45.3 Å². The number of nitrogens with one attached hydrogen (secondary N) is 5. The number of thioether (sulfide) groups is 1. The molecule has 20 nitrogen and oxygen atoms in total. The van der Waals surface area contributed by atoms with Crippen molar-refractivity contribution < 1.29 is 52.1 Å². The summed E-state index contributed by atoms with van der Waals surface area (Å²) >= 11 is 1.89. The lowest BCUT2D eigenvalue weighted by atomic mass is 9.49. The highest BCUT2D eigenvalue weighted by molar-refractivity contribution is 8.00. The van der Waals surface area contributed by atoms with Crippen molar-refractivity contribution in [1.29, 1.82) is 0 Å². The highest BCUT2D eigenvalue weighted by atomic mass is 32.2. The third kappa shape index (κ3) is 17.3. The Morgan fingerprint density at radius 2 is 1.34 bits per heavy atom. The van der Waals surface area contributed by atoms with Crippen molar-refractivity contribution in [3.8, 4) is 5.75 Å². The molecule has 3 unspecified atom stereocenters. The number of hydrogen-bond donors (Lipinski definition) is 7. The summed E-state index contributed by atoms with van der Waals surface area (Å²) in [6.45, 7) is 5.94. The number of amides is 8. The van der Waals surface area contributed by atoms with Gasteiger partial charge in [0.1, 0.15) is 18.5 Å². The molecule has 5 heterocycles. The average molecular weight is 1270 g/mol. The Kier molecular flexibility index (Phi) is 23.2. The van der Waals surface area contributed by atoms with E-state index in [1.165, 1.54) is 29.4 Å². The normalized spacial score (nSPS) is 25.9. The standard InChI is InChI=1S/C67H99N9O11S2/c1-46-20-22-52(23-21-46)89(85,86)76-35-27-54-56(76)14-13-15-58(54)87-44-51(77)42-75(66(84)73-32-24-50(25-33-73)53-26-34-74(43-57(53)78)64(82)67-39-47-36-48(40-67)38-49(37-47)41-67)31-12-4-11-30-70-61(80)18-6-2-9-28-68-60(79)17-5-3-10-29-69-62(81)19-8-7-16-59-63-55(45-88-59)71-65(83)72-63/h13-15,20-23,27,35,47-51,53,55,57,59,63,77-78H,2-12,16-19,24-26,28-34,36-45H2,1H3,(H,68,79)(H,69,81)(H,70,80)(H2,71,72,83)/t47?,48?,49?,51?,53?,55-,57?,59-,63-,67?/m0/s1. The lowest BCUT2D eigenvalue weighted by Gasteiger charge is -2.57. The van der Waals surface area contributed by atoms with Crippen molar-refractivity contribution in [2.45, 2.75) is 195 Å². The van der Waals surface area contributed by atoms with Crippen LogP contribution in [0.5, 0.6) is 5.75 Å². The monoisotopic (exact) mass is 1270 g/mol. The van der Waals surface area contributed by atoms with Crippen LogP contribution in [0.15, 0.2) is 59.6 Å². The van der Waals surface area contributed by atoms with Crippen LogP contribution in [0.3, 0.4) is 0 Å². The topological polar surface area (TPSA) is 261 Å². The second-order valence-electron chi connectivity index (χ2n) is 27.2. The zero-order chi connectivity index (χ0) is 62.5. The van der Waals surface area contributed by atoms with E-state index in [-0.39, 0.29) is 83.1 Å². The Hall–Kier alpha value is -5.58. The summed E-state index contributed by atoms with van der Waals surface area (Å²) < 4.78 is 34.8. The number of benzene rings is 2. The Balaban J connectivity index is 0.610. The van der Waals surface area contributed by atoms with E-state index in [4.69, 9.17) is 4.74 Å². The van der Waals surface area contributed by atoms with Gasteiger partial charge in [-0.3, -0.25) is 19.2 Å². The summed E-state index contributed by atoms with van der Waals surface area (Å²) in [6.07, 6.45) is 20.0. The molecule has 8 amide bonds. The Labute approximate surface area is 530 Å². The van der Waals surface area contributed by atoms with Crippen LogP contribution >= 0.6 is 11.8 Å². The Morgan fingerprint density at radius 3 is 1.96 bits per heavy atom. The van der Waals surface area contributed by atoms with Gasteiger partial charge in [0.05, 0.1) is 40.6 Å². The number of hydrogen-bond acceptors (Lipinski definition) is 12. The number of likely N-dealkylation sites (tertiary alicyclic amines) is 2. The Bertz CT molecular complexity index is 2970. The number of carbonyl (C=O) groups excluding carboxylic acids is 6. The molecule has 4 aliphatic heterocycles. The molecule has 89 heavy (non-hydrogen) atoms. The first-order valence-corrected chi connectivity index (χ1v) is 36.2. The van der Waals surface area contributed by atoms with Crippen LogP contribution in [-0.4, -0.2) is 174 Å². The fourth-order valence-electron chi connectivity index (χ4n) is 16.1. The minimum Gasteiger partial charge on any atom is -0.490 e. The van der Waals surface area contributed by atoms with Crippen LogP contribution in [-0.2, 0) is 29.2 Å². The lowest BCUT2D eigenvalue weighted by molar-refractivity contribution is -0.162. The zero-order valence-electron chi connectivity index (χ0n) is 52.4. The van der Waals surface area contributed by atoms with Crippen LogP contribution in [0, 0.1) is 41.9 Å². The number of carbonyl (C=O) groups is 6. The van der Waals surface area contributed by atoms with E-state index in [9.17, 15) is 47.4 Å². The summed E-state index contributed by atoms with van der Waals surface area (Å²) in [5, 5.41) is 39.1.